The fourth-order valence-corrected chi connectivity index (χ4v) is 2.33. The predicted octanol–water partition coefficient (Wildman–Crippen LogP) is 1.07. The van der Waals surface area contributed by atoms with E-state index < -0.39 is 5.97 Å². The van der Waals surface area contributed by atoms with E-state index in [2.05, 4.69) is 20.8 Å². The lowest BCUT2D eigenvalue weighted by Crippen LogP contribution is -2.16. The zero-order chi connectivity index (χ0) is 20.2. The number of ether oxygens (including phenoxy) is 1. The van der Waals surface area contributed by atoms with Gasteiger partial charge in [-0.25, -0.2) is 4.68 Å². The van der Waals surface area contributed by atoms with Gasteiger partial charge in [0.15, 0.2) is 0 Å². The number of carboxylic acids is 1. The minimum absolute atomic E-state index is 0.0627. The second kappa shape index (κ2) is 11.9. The summed E-state index contributed by atoms with van der Waals surface area (Å²) in [5.41, 5.74) is 0.643. The molecule has 0 aliphatic carbocycles. The number of benzene rings is 1. The summed E-state index contributed by atoms with van der Waals surface area (Å²) in [5.74, 6) is -0.512. The Morgan fingerprint density at radius 3 is 2.44 bits per heavy atom. The van der Waals surface area contributed by atoms with Crippen molar-refractivity contribution in [3.05, 3.63) is 24.3 Å². The molecule has 11 heteroatoms. The van der Waals surface area contributed by atoms with E-state index in [9.17, 15) is 9.59 Å². The molecule has 10 nitrogen and oxygen atoms in total. The van der Waals surface area contributed by atoms with Crippen molar-refractivity contribution in [2.24, 2.45) is 0 Å². The van der Waals surface area contributed by atoms with Crippen molar-refractivity contribution in [1.29, 1.82) is 0 Å². The summed E-state index contributed by atoms with van der Waals surface area (Å²) < 4.78 is 6.44. The van der Waals surface area contributed by atoms with Crippen LogP contribution in [0.25, 0.3) is 0 Å². The molecule has 1 aromatic heterocycles. The third kappa shape index (κ3) is 9.56. The maximum atomic E-state index is 11.9. The number of carbonyl (C=O) groups is 2. The molecule has 148 valence electrons. The molecule has 0 aliphatic heterocycles. The Kier molecular flexibility index (Phi) is 9.83. The lowest BCUT2D eigenvalue weighted by molar-refractivity contribution is -0.138. The number of tetrazole rings is 1. The van der Waals surface area contributed by atoms with Crippen LogP contribution in [-0.4, -0.2) is 75.6 Å². The summed E-state index contributed by atoms with van der Waals surface area (Å²) >= 11 is 1.06. The van der Waals surface area contributed by atoms with Gasteiger partial charge in [-0.3, -0.25) is 9.59 Å². The molecule has 2 N–H and O–H groups in total. The van der Waals surface area contributed by atoms with Crippen LogP contribution in [0.4, 0.5) is 5.69 Å². The average Bonchev–Trinajstić information content (AvgIpc) is 3.01. The number of aliphatic carboxylic acids is 1. The van der Waals surface area contributed by atoms with E-state index in [0.29, 0.717) is 12.3 Å². The van der Waals surface area contributed by atoms with Crippen molar-refractivity contribution < 1.29 is 19.4 Å². The summed E-state index contributed by atoms with van der Waals surface area (Å²) in [6, 6.07) is 7.00. The van der Waals surface area contributed by atoms with Crippen molar-refractivity contribution >= 4 is 29.3 Å². The van der Waals surface area contributed by atoms with Crippen LogP contribution >= 0.6 is 11.8 Å². The highest BCUT2D eigenvalue weighted by Crippen LogP contribution is 2.17. The Hall–Kier alpha value is -2.66. The second-order valence-corrected chi connectivity index (χ2v) is 6.59. The Morgan fingerprint density at radius 2 is 1.89 bits per heavy atom. The van der Waals surface area contributed by atoms with Crippen LogP contribution in [-0.2, 0) is 16.1 Å². The number of hydrogen-bond acceptors (Lipinski definition) is 8. The molecule has 2 aromatic rings. The molecule has 0 unspecified atom stereocenters. The molecule has 0 fully saturated rings. The maximum absolute atomic E-state index is 11.9. The number of carbonyl (C=O) groups excluding carboxylic acids is 1. The number of hydrogen-bond donors (Lipinski definition) is 2. The van der Waals surface area contributed by atoms with Crippen molar-refractivity contribution in [3.63, 3.8) is 0 Å². The van der Waals surface area contributed by atoms with Gasteiger partial charge in [-0.05, 0) is 62.8 Å². The molecule has 1 aromatic carbocycles. The van der Waals surface area contributed by atoms with Crippen LogP contribution in [0.5, 0.6) is 5.75 Å². The summed E-state index contributed by atoms with van der Waals surface area (Å²) in [7, 11) is 6.00. The molecule has 0 atom stereocenters. The largest absolute Gasteiger partial charge is 0.494 e. The van der Waals surface area contributed by atoms with Crippen LogP contribution in [0.15, 0.2) is 29.4 Å². The van der Waals surface area contributed by atoms with Crippen LogP contribution in [0.1, 0.15) is 6.92 Å². The number of aromatic nitrogens is 4. The van der Waals surface area contributed by atoms with E-state index in [1.165, 1.54) is 0 Å². The van der Waals surface area contributed by atoms with E-state index in [1.54, 1.807) is 24.3 Å². The van der Waals surface area contributed by atoms with Gasteiger partial charge in [0.1, 0.15) is 12.3 Å². The summed E-state index contributed by atoms with van der Waals surface area (Å²) in [6.07, 6.45) is 0. The van der Waals surface area contributed by atoms with E-state index in [4.69, 9.17) is 9.84 Å². The number of rotatable bonds is 8. The van der Waals surface area contributed by atoms with Gasteiger partial charge in [-0.2, -0.15) is 0 Å². The SMILES string of the molecule is CCOc1ccc(NC(=O)CSc2nnnn2CC(=O)O)cc1.CN(C)C. The molecule has 27 heavy (non-hydrogen) atoms. The summed E-state index contributed by atoms with van der Waals surface area (Å²) in [6.45, 7) is 2.12. The molecule has 2 rings (SSSR count). The van der Waals surface area contributed by atoms with Gasteiger partial charge in [-0.15, -0.1) is 5.10 Å². The number of anilines is 1. The molecular formula is C16H24N6O4S. The van der Waals surface area contributed by atoms with Gasteiger partial charge >= 0.3 is 5.97 Å². The normalized spacial score (nSPS) is 10.1. The molecule has 1 amide bonds. The van der Waals surface area contributed by atoms with Gasteiger partial charge in [0, 0.05) is 5.69 Å². The lowest BCUT2D eigenvalue weighted by atomic mass is 10.3. The first kappa shape index (κ1) is 22.4. The standard InChI is InChI=1S/C13H15N5O4S.C3H9N/c1-2-22-10-5-3-9(4-6-10)14-11(19)8-23-13-15-16-17-18(13)7-12(20)21;1-4(2)3/h3-6H,2,7-8H2,1H3,(H,14,19)(H,20,21);1-3H3. The van der Waals surface area contributed by atoms with Crippen molar-refractivity contribution in [3.8, 4) is 5.75 Å². The van der Waals surface area contributed by atoms with Crippen molar-refractivity contribution in [1.82, 2.24) is 25.1 Å². The van der Waals surface area contributed by atoms with Crippen LogP contribution in [0, 0.1) is 0 Å². The van der Waals surface area contributed by atoms with Crippen molar-refractivity contribution in [2.45, 2.75) is 18.6 Å². The van der Waals surface area contributed by atoms with E-state index in [-0.39, 0.29) is 23.4 Å². The molecule has 0 saturated heterocycles. The minimum atomic E-state index is -1.06. The van der Waals surface area contributed by atoms with Gasteiger partial charge in [-0.1, -0.05) is 11.8 Å². The Bertz CT molecular complexity index is 717. The molecule has 0 spiro atoms. The Balaban J connectivity index is 0.000000828. The highest BCUT2D eigenvalue weighted by Gasteiger charge is 2.12. The molecule has 0 bridgehead atoms. The predicted molar refractivity (Wildman–Crippen MR) is 102 cm³/mol. The van der Waals surface area contributed by atoms with Gasteiger partial charge < -0.3 is 20.1 Å². The van der Waals surface area contributed by atoms with E-state index >= 15 is 0 Å². The number of carboxylic acid groups (broad SMARTS) is 1. The zero-order valence-electron chi connectivity index (χ0n) is 15.7. The number of nitrogens with one attached hydrogen (secondary N) is 1. The minimum Gasteiger partial charge on any atom is -0.494 e. The van der Waals surface area contributed by atoms with E-state index in [1.807, 2.05) is 33.0 Å². The third-order valence-electron chi connectivity index (χ3n) is 2.57. The fraction of sp³-hybridized carbons (Fsp3) is 0.438. The molecule has 1 heterocycles. The van der Waals surface area contributed by atoms with Gasteiger partial charge in [0.05, 0.1) is 12.4 Å². The monoisotopic (exact) mass is 396 g/mol. The first-order chi connectivity index (χ1) is 12.8. The molecule has 0 radical (unpaired) electrons. The smallest absolute Gasteiger partial charge is 0.325 e. The third-order valence-corrected chi connectivity index (χ3v) is 3.52. The van der Waals surface area contributed by atoms with Gasteiger partial charge in [0.2, 0.25) is 11.1 Å². The van der Waals surface area contributed by atoms with Crippen LogP contribution in [0.2, 0.25) is 0 Å². The quantitative estimate of drug-likeness (QED) is 0.631. The molecular weight excluding hydrogens is 372 g/mol. The first-order valence-corrected chi connectivity index (χ1v) is 9.04. The van der Waals surface area contributed by atoms with Crippen LogP contribution in [0.3, 0.4) is 0 Å². The second-order valence-electron chi connectivity index (χ2n) is 5.65. The Morgan fingerprint density at radius 1 is 1.26 bits per heavy atom. The topological polar surface area (TPSA) is 122 Å². The highest BCUT2D eigenvalue weighted by atomic mass is 32.2. The van der Waals surface area contributed by atoms with E-state index in [0.717, 1.165) is 22.2 Å². The highest BCUT2D eigenvalue weighted by molar-refractivity contribution is 7.99. The van der Waals surface area contributed by atoms with Crippen LogP contribution < -0.4 is 10.1 Å². The van der Waals surface area contributed by atoms with Gasteiger partial charge in [0.25, 0.3) is 0 Å². The number of nitrogens with zero attached hydrogens (tertiary/aromatic N) is 5. The number of amides is 1. The number of thioether (sulfide) groups is 1. The Labute approximate surface area is 161 Å². The maximum Gasteiger partial charge on any atom is 0.325 e. The summed E-state index contributed by atoms with van der Waals surface area (Å²) in [5, 5.41) is 22.4. The summed E-state index contributed by atoms with van der Waals surface area (Å²) in [4.78, 5) is 24.6. The average molecular weight is 396 g/mol. The zero-order valence-corrected chi connectivity index (χ0v) is 16.6. The van der Waals surface area contributed by atoms with Crippen molar-refractivity contribution in [2.75, 3.05) is 38.8 Å². The molecule has 0 saturated carbocycles. The first-order valence-electron chi connectivity index (χ1n) is 8.06. The lowest BCUT2D eigenvalue weighted by Gasteiger charge is -2.07. The fourth-order valence-electron chi connectivity index (χ4n) is 1.66. The molecule has 0 aliphatic rings.